The predicted molar refractivity (Wildman–Crippen MR) is 118 cm³/mol. The van der Waals surface area contributed by atoms with Crippen LogP contribution in [0.3, 0.4) is 0 Å². The van der Waals surface area contributed by atoms with Gasteiger partial charge >= 0.3 is 0 Å². The van der Waals surface area contributed by atoms with Crippen molar-refractivity contribution in [3.8, 4) is 0 Å². The zero-order valence-corrected chi connectivity index (χ0v) is 18.3. The van der Waals surface area contributed by atoms with Crippen LogP contribution in [0.25, 0.3) is 0 Å². The summed E-state index contributed by atoms with van der Waals surface area (Å²) in [5.41, 5.74) is 2.49. The summed E-state index contributed by atoms with van der Waals surface area (Å²) in [5, 5.41) is 2.36. The van der Waals surface area contributed by atoms with Gasteiger partial charge in [0.25, 0.3) is 15.9 Å². The van der Waals surface area contributed by atoms with E-state index in [4.69, 9.17) is 23.2 Å². The van der Waals surface area contributed by atoms with E-state index in [-0.39, 0.29) is 26.2 Å². The van der Waals surface area contributed by atoms with Crippen LogP contribution in [0.4, 0.5) is 15.8 Å². The quantitative estimate of drug-likeness (QED) is 0.498. The Kier molecular flexibility index (Phi) is 6.36. The molecule has 0 spiro atoms. The fraction of sp³-hybridized carbons (Fsp3) is 0.0952. The lowest BCUT2D eigenvalue weighted by Gasteiger charge is -2.12. The molecule has 0 fully saturated rings. The maximum Gasteiger partial charge on any atom is 0.263 e. The van der Waals surface area contributed by atoms with E-state index in [0.29, 0.717) is 5.69 Å². The van der Waals surface area contributed by atoms with Crippen LogP contribution >= 0.6 is 23.2 Å². The number of amides is 1. The number of carbonyl (C=O) groups excluding carboxylic acids is 1. The normalized spacial score (nSPS) is 11.2. The number of carbonyl (C=O) groups is 1. The first-order valence-corrected chi connectivity index (χ1v) is 11.0. The van der Waals surface area contributed by atoms with Gasteiger partial charge in [-0.05, 0) is 73.5 Å². The number of hydrogen-bond acceptors (Lipinski definition) is 3. The van der Waals surface area contributed by atoms with Crippen molar-refractivity contribution in [1.29, 1.82) is 0 Å². The molecule has 0 saturated carbocycles. The third kappa shape index (κ3) is 5.11. The molecule has 0 aliphatic carbocycles. The molecule has 2 N–H and O–H groups in total. The lowest BCUT2D eigenvalue weighted by Crippen LogP contribution is -2.16. The fourth-order valence-corrected chi connectivity index (χ4v) is 4.62. The molecule has 0 aliphatic rings. The van der Waals surface area contributed by atoms with Gasteiger partial charge < -0.3 is 5.32 Å². The van der Waals surface area contributed by atoms with Crippen LogP contribution in [-0.4, -0.2) is 14.3 Å². The summed E-state index contributed by atoms with van der Waals surface area (Å²) < 4.78 is 41.5. The Labute approximate surface area is 183 Å². The highest BCUT2D eigenvalue weighted by Gasteiger charge is 2.21. The van der Waals surface area contributed by atoms with Crippen LogP contribution in [0.2, 0.25) is 10.0 Å². The first kappa shape index (κ1) is 22.1. The number of anilines is 2. The largest absolute Gasteiger partial charge is 0.322 e. The van der Waals surface area contributed by atoms with Gasteiger partial charge in [0.2, 0.25) is 0 Å². The molecular formula is C21H17Cl2FN2O3S. The third-order valence-corrected chi connectivity index (χ3v) is 6.29. The minimum Gasteiger partial charge on any atom is -0.322 e. The van der Waals surface area contributed by atoms with Gasteiger partial charge in [-0.2, -0.15) is 0 Å². The van der Waals surface area contributed by atoms with Gasteiger partial charge in [-0.3, -0.25) is 9.52 Å². The SMILES string of the molecule is Cc1cc(C)cc(NS(=O)(=O)c2cc(C(=O)Nc3ccc(F)c(Cl)c3)ccc2Cl)c1. The summed E-state index contributed by atoms with van der Waals surface area (Å²) in [6.45, 7) is 3.70. The zero-order chi connectivity index (χ0) is 22.1. The van der Waals surface area contributed by atoms with Crippen molar-refractivity contribution in [2.24, 2.45) is 0 Å². The Morgan fingerprint density at radius 3 is 2.17 bits per heavy atom. The van der Waals surface area contributed by atoms with Crippen LogP contribution in [-0.2, 0) is 10.0 Å². The number of nitrogens with one attached hydrogen (secondary N) is 2. The van der Waals surface area contributed by atoms with Crippen molar-refractivity contribution < 1.29 is 17.6 Å². The minimum atomic E-state index is -4.05. The first-order valence-electron chi connectivity index (χ1n) is 8.72. The zero-order valence-electron chi connectivity index (χ0n) is 16.0. The van der Waals surface area contributed by atoms with E-state index >= 15 is 0 Å². The molecule has 1 amide bonds. The van der Waals surface area contributed by atoms with Crippen molar-refractivity contribution >= 4 is 50.5 Å². The van der Waals surface area contributed by atoms with Gasteiger partial charge in [-0.25, -0.2) is 12.8 Å². The highest BCUT2D eigenvalue weighted by molar-refractivity contribution is 7.92. The predicted octanol–water partition coefficient (Wildman–Crippen LogP) is 5.80. The van der Waals surface area contributed by atoms with E-state index < -0.39 is 21.7 Å². The molecule has 0 heterocycles. The Morgan fingerprint density at radius 1 is 0.867 bits per heavy atom. The van der Waals surface area contributed by atoms with Crippen LogP contribution in [0.15, 0.2) is 59.5 Å². The third-order valence-electron chi connectivity index (χ3n) is 4.13. The maximum absolute atomic E-state index is 13.3. The highest BCUT2D eigenvalue weighted by atomic mass is 35.5. The van der Waals surface area contributed by atoms with E-state index in [2.05, 4.69) is 10.0 Å². The van der Waals surface area contributed by atoms with Crippen molar-refractivity contribution in [2.75, 3.05) is 10.0 Å². The molecular weight excluding hydrogens is 450 g/mol. The van der Waals surface area contributed by atoms with Crippen molar-refractivity contribution in [1.82, 2.24) is 0 Å². The summed E-state index contributed by atoms with van der Waals surface area (Å²) in [6.07, 6.45) is 0. The van der Waals surface area contributed by atoms with E-state index in [1.807, 2.05) is 19.9 Å². The van der Waals surface area contributed by atoms with Crippen molar-refractivity contribution in [3.05, 3.63) is 87.2 Å². The molecule has 0 aromatic heterocycles. The summed E-state index contributed by atoms with van der Waals surface area (Å²) >= 11 is 11.8. The van der Waals surface area contributed by atoms with Crippen LogP contribution < -0.4 is 10.0 Å². The molecule has 5 nitrogen and oxygen atoms in total. The van der Waals surface area contributed by atoms with Gasteiger partial charge in [0, 0.05) is 16.9 Å². The molecule has 0 aliphatic heterocycles. The monoisotopic (exact) mass is 466 g/mol. The Balaban J connectivity index is 1.89. The summed E-state index contributed by atoms with van der Waals surface area (Å²) in [4.78, 5) is 12.3. The van der Waals surface area contributed by atoms with E-state index in [1.165, 1.54) is 30.3 Å². The van der Waals surface area contributed by atoms with Gasteiger partial charge in [-0.1, -0.05) is 29.3 Å². The topological polar surface area (TPSA) is 75.3 Å². The molecule has 3 aromatic carbocycles. The second-order valence-electron chi connectivity index (χ2n) is 6.71. The lowest BCUT2D eigenvalue weighted by molar-refractivity contribution is 0.102. The number of sulfonamides is 1. The average Bonchev–Trinajstić information content (AvgIpc) is 2.63. The molecule has 0 bridgehead atoms. The van der Waals surface area contributed by atoms with Crippen LogP contribution in [0, 0.1) is 19.7 Å². The van der Waals surface area contributed by atoms with Gasteiger partial charge in [0.1, 0.15) is 10.7 Å². The molecule has 156 valence electrons. The fourth-order valence-electron chi connectivity index (χ4n) is 2.87. The molecule has 0 radical (unpaired) electrons. The second kappa shape index (κ2) is 8.63. The second-order valence-corrected chi connectivity index (χ2v) is 9.18. The van der Waals surface area contributed by atoms with Crippen molar-refractivity contribution in [2.45, 2.75) is 18.7 Å². The molecule has 0 unspecified atom stereocenters. The number of aryl methyl sites for hydroxylation is 2. The van der Waals surface area contributed by atoms with E-state index in [1.54, 1.807) is 12.1 Å². The Hall–Kier alpha value is -2.61. The number of benzene rings is 3. The minimum absolute atomic E-state index is 0.0340. The maximum atomic E-state index is 13.3. The molecule has 9 heteroatoms. The molecule has 30 heavy (non-hydrogen) atoms. The molecule has 0 saturated heterocycles. The molecule has 3 aromatic rings. The van der Waals surface area contributed by atoms with Gasteiger partial charge in [0.15, 0.2) is 0 Å². The number of halogens is 3. The number of hydrogen-bond donors (Lipinski definition) is 2. The van der Waals surface area contributed by atoms with Gasteiger partial charge in [0.05, 0.1) is 10.0 Å². The van der Waals surface area contributed by atoms with Crippen molar-refractivity contribution in [3.63, 3.8) is 0 Å². The lowest BCUT2D eigenvalue weighted by atomic mass is 10.1. The smallest absolute Gasteiger partial charge is 0.263 e. The van der Waals surface area contributed by atoms with Crippen LogP contribution in [0.5, 0.6) is 0 Å². The van der Waals surface area contributed by atoms with Crippen LogP contribution in [0.1, 0.15) is 21.5 Å². The number of rotatable bonds is 5. The molecule has 0 atom stereocenters. The average molecular weight is 467 g/mol. The first-order chi connectivity index (χ1) is 14.0. The summed E-state index contributed by atoms with van der Waals surface area (Å²) in [7, 11) is -4.05. The van der Waals surface area contributed by atoms with E-state index in [9.17, 15) is 17.6 Å². The summed E-state index contributed by atoms with van der Waals surface area (Å²) in [6, 6.07) is 12.9. The van der Waals surface area contributed by atoms with E-state index in [0.717, 1.165) is 17.2 Å². The molecule has 3 rings (SSSR count). The Bertz CT molecular complexity index is 1230. The Morgan fingerprint density at radius 2 is 1.53 bits per heavy atom. The summed E-state index contributed by atoms with van der Waals surface area (Å²) in [5.74, 6) is -1.22. The standard InChI is InChI=1S/C21H17Cl2FN2O3S/c1-12-7-13(2)9-16(8-12)26-30(28,29)20-10-14(3-5-17(20)22)21(27)25-15-4-6-19(24)18(23)11-15/h3-11,26H,1-2H3,(H,25,27). The highest BCUT2D eigenvalue weighted by Crippen LogP contribution is 2.27. The van der Waals surface area contributed by atoms with Gasteiger partial charge in [-0.15, -0.1) is 0 Å².